The van der Waals surface area contributed by atoms with Crippen LogP contribution >= 0.6 is 10.7 Å². The highest BCUT2D eigenvalue weighted by Crippen LogP contribution is 2.28. The second kappa shape index (κ2) is 5.69. The quantitative estimate of drug-likeness (QED) is 0.615. The van der Waals surface area contributed by atoms with Crippen LogP contribution in [0.25, 0.3) is 0 Å². The molecule has 1 aromatic rings. The molecule has 0 aliphatic heterocycles. The van der Waals surface area contributed by atoms with Crippen LogP contribution in [0.5, 0.6) is 5.75 Å². The molecule has 0 amide bonds. The first kappa shape index (κ1) is 14.3. The lowest BCUT2D eigenvalue weighted by atomic mass is 10.1. The van der Waals surface area contributed by atoms with Crippen molar-refractivity contribution < 1.29 is 17.5 Å². The smallest absolute Gasteiger partial charge is 0.261 e. The van der Waals surface area contributed by atoms with Crippen molar-refractivity contribution in [3.63, 3.8) is 0 Å². The van der Waals surface area contributed by atoms with Gasteiger partial charge in [0, 0.05) is 17.1 Å². The summed E-state index contributed by atoms with van der Waals surface area (Å²) in [6.07, 6.45) is 0.313. The lowest BCUT2D eigenvalue weighted by Gasteiger charge is -2.11. The summed E-state index contributed by atoms with van der Waals surface area (Å²) in [5, 5.41) is 0. The number of halogens is 2. The van der Waals surface area contributed by atoms with Gasteiger partial charge in [0.2, 0.25) is 0 Å². The Morgan fingerprint density at radius 2 is 1.82 bits per heavy atom. The van der Waals surface area contributed by atoms with E-state index in [9.17, 15) is 12.8 Å². The zero-order valence-corrected chi connectivity index (χ0v) is 11.2. The molecule has 1 rings (SSSR count). The molecule has 0 bridgehead atoms. The molecule has 96 valence electrons. The molecule has 0 aliphatic carbocycles. The van der Waals surface area contributed by atoms with Crippen molar-refractivity contribution in [1.29, 1.82) is 0 Å². The average molecular weight is 281 g/mol. The number of hydrogen-bond donors (Lipinski definition) is 0. The Morgan fingerprint density at radius 3 is 2.24 bits per heavy atom. The second-order valence-electron chi connectivity index (χ2n) is 3.72. The van der Waals surface area contributed by atoms with Crippen LogP contribution in [0.3, 0.4) is 0 Å². The van der Waals surface area contributed by atoms with E-state index in [4.69, 9.17) is 15.4 Å². The molecular weight excluding hydrogens is 267 g/mol. The summed E-state index contributed by atoms with van der Waals surface area (Å²) < 4.78 is 39.8. The van der Waals surface area contributed by atoms with Gasteiger partial charge in [0.1, 0.15) is 5.75 Å². The number of alkyl halides is 1. The van der Waals surface area contributed by atoms with Gasteiger partial charge in [0.15, 0.2) is 0 Å². The molecule has 0 saturated heterocycles. The second-order valence-corrected chi connectivity index (χ2v) is 6.22. The fourth-order valence-electron chi connectivity index (χ4n) is 1.62. The average Bonchev–Trinajstić information content (AvgIpc) is 2.14. The summed E-state index contributed by atoms with van der Waals surface area (Å²) in [6.45, 7) is 3.11. The van der Waals surface area contributed by atoms with Crippen molar-refractivity contribution >= 4 is 19.7 Å². The Morgan fingerprint density at radius 1 is 1.29 bits per heavy atom. The van der Waals surface area contributed by atoms with Gasteiger partial charge in [-0.25, -0.2) is 8.42 Å². The van der Waals surface area contributed by atoms with Crippen molar-refractivity contribution in [1.82, 2.24) is 0 Å². The SMILES string of the molecule is Cc1cc(OCCCF)cc(C)c1S(=O)(=O)Cl. The molecule has 0 unspecified atom stereocenters. The largest absolute Gasteiger partial charge is 0.493 e. The van der Waals surface area contributed by atoms with Gasteiger partial charge in [-0.1, -0.05) is 0 Å². The molecule has 0 atom stereocenters. The minimum atomic E-state index is -3.75. The molecule has 0 heterocycles. The van der Waals surface area contributed by atoms with Gasteiger partial charge in [-0.2, -0.15) is 0 Å². The molecule has 0 saturated carbocycles. The van der Waals surface area contributed by atoms with Gasteiger partial charge < -0.3 is 4.74 Å². The normalized spacial score (nSPS) is 11.5. The number of benzene rings is 1. The van der Waals surface area contributed by atoms with Crippen LogP contribution in [0.15, 0.2) is 17.0 Å². The van der Waals surface area contributed by atoms with Gasteiger partial charge in [-0.15, -0.1) is 0 Å². The fourth-order valence-corrected chi connectivity index (χ4v) is 3.24. The summed E-state index contributed by atoms with van der Waals surface area (Å²) in [6, 6.07) is 3.17. The summed E-state index contributed by atoms with van der Waals surface area (Å²) >= 11 is 0. The number of aryl methyl sites for hydroxylation is 2. The third kappa shape index (κ3) is 3.85. The number of rotatable bonds is 5. The van der Waals surface area contributed by atoms with Crippen molar-refractivity contribution in [2.45, 2.75) is 25.2 Å². The van der Waals surface area contributed by atoms with Crippen molar-refractivity contribution in [3.05, 3.63) is 23.3 Å². The Kier molecular flexibility index (Phi) is 4.77. The molecule has 3 nitrogen and oxygen atoms in total. The lowest BCUT2D eigenvalue weighted by molar-refractivity contribution is 0.289. The van der Waals surface area contributed by atoms with Crippen LogP contribution in [0.2, 0.25) is 0 Å². The van der Waals surface area contributed by atoms with Crippen molar-refractivity contribution in [2.75, 3.05) is 13.3 Å². The summed E-state index contributed by atoms with van der Waals surface area (Å²) in [7, 11) is 1.58. The van der Waals surface area contributed by atoms with E-state index in [-0.39, 0.29) is 11.5 Å². The maximum Gasteiger partial charge on any atom is 0.261 e. The van der Waals surface area contributed by atoms with Crippen LogP contribution in [-0.4, -0.2) is 21.7 Å². The first-order valence-corrected chi connectivity index (χ1v) is 7.42. The third-order valence-corrected chi connectivity index (χ3v) is 3.82. The summed E-state index contributed by atoms with van der Waals surface area (Å²) in [4.78, 5) is 0.108. The molecule has 0 radical (unpaired) electrons. The van der Waals surface area contributed by atoms with Gasteiger partial charge in [0.05, 0.1) is 18.2 Å². The van der Waals surface area contributed by atoms with E-state index in [1.807, 2.05) is 0 Å². The number of hydrogen-bond acceptors (Lipinski definition) is 3. The molecule has 0 aromatic heterocycles. The minimum Gasteiger partial charge on any atom is -0.493 e. The van der Waals surface area contributed by atoms with E-state index in [0.29, 0.717) is 23.3 Å². The third-order valence-electron chi connectivity index (χ3n) is 2.22. The Balaban J connectivity index is 3.02. The van der Waals surface area contributed by atoms with Crippen LogP contribution in [-0.2, 0) is 9.05 Å². The highest BCUT2D eigenvalue weighted by molar-refractivity contribution is 8.13. The van der Waals surface area contributed by atoms with Crippen LogP contribution < -0.4 is 4.74 Å². The minimum absolute atomic E-state index is 0.108. The maximum atomic E-state index is 11.9. The zero-order valence-electron chi connectivity index (χ0n) is 9.66. The molecule has 17 heavy (non-hydrogen) atoms. The summed E-state index contributed by atoms with van der Waals surface area (Å²) in [5.74, 6) is 0.525. The van der Waals surface area contributed by atoms with Crippen LogP contribution in [0, 0.1) is 13.8 Å². The first-order chi connectivity index (χ1) is 7.86. The Hall–Kier alpha value is -0.810. The zero-order chi connectivity index (χ0) is 13.1. The topological polar surface area (TPSA) is 43.4 Å². The van der Waals surface area contributed by atoms with Crippen LogP contribution in [0.1, 0.15) is 17.5 Å². The number of ether oxygens (including phenoxy) is 1. The summed E-state index contributed by atoms with van der Waals surface area (Å²) in [5.41, 5.74) is 1.05. The van der Waals surface area contributed by atoms with Crippen molar-refractivity contribution in [2.24, 2.45) is 0 Å². The van der Waals surface area contributed by atoms with Gasteiger partial charge in [0.25, 0.3) is 9.05 Å². The predicted octanol–water partition coefficient (Wildman–Crippen LogP) is 2.97. The highest BCUT2D eigenvalue weighted by atomic mass is 35.7. The van der Waals surface area contributed by atoms with Gasteiger partial charge >= 0.3 is 0 Å². The van der Waals surface area contributed by atoms with E-state index in [2.05, 4.69) is 0 Å². The molecule has 6 heteroatoms. The lowest BCUT2D eigenvalue weighted by Crippen LogP contribution is -2.02. The van der Waals surface area contributed by atoms with Crippen LogP contribution in [0.4, 0.5) is 4.39 Å². The molecule has 1 aromatic carbocycles. The van der Waals surface area contributed by atoms with E-state index < -0.39 is 15.7 Å². The molecule has 0 fully saturated rings. The van der Waals surface area contributed by atoms with Gasteiger partial charge in [-0.3, -0.25) is 4.39 Å². The predicted molar refractivity (Wildman–Crippen MR) is 65.0 cm³/mol. The molecule has 0 spiro atoms. The molecule has 0 aliphatic rings. The maximum absolute atomic E-state index is 11.9. The standard InChI is InChI=1S/C11H14ClFO3S/c1-8-6-10(16-5-3-4-13)7-9(2)11(8)17(12,14)15/h6-7H,3-5H2,1-2H3. The Bertz CT molecular complexity index is 476. The van der Waals surface area contributed by atoms with E-state index in [1.54, 1.807) is 26.0 Å². The highest BCUT2D eigenvalue weighted by Gasteiger charge is 2.17. The van der Waals surface area contributed by atoms with E-state index >= 15 is 0 Å². The molecular formula is C11H14ClFO3S. The van der Waals surface area contributed by atoms with Crippen molar-refractivity contribution in [3.8, 4) is 5.75 Å². The van der Waals surface area contributed by atoms with Gasteiger partial charge in [-0.05, 0) is 37.1 Å². The first-order valence-electron chi connectivity index (χ1n) is 5.11. The van der Waals surface area contributed by atoms with E-state index in [0.717, 1.165) is 0 Å². The molecule has 0 N–H and O–H groups in total. The monoisotopic (exact) mass is 280 g/mol. The Labute approximate surface area is 105 Å². The fraction of sp³-hybridized carbons (Fsp3) is 0.455. The van der Waals surface area contributed by atoms with E-state index in [1.165, 1.54) is 0 Å².